The molecule has 22 heavy (non-hydrogen) atoms. The lowest BCUT2D eigenvalue weighted by Gasteiger charge is -2.04. The van der Waals surface area contributed by atoms with Gasteiger partial charge in [-0.25, -0.2) is 5.43 Å². The van der Waals surface area contributed by atoms with E-state index in [9.17, 15) is 9.59 Å². The van der Waals surface area contributed by atoms with Gasteiger partial charge >= 0.3 is 0 Å². The first kappa shape index (κ1) is 15.9. The van der Waals surface area contributed by atoms with Gasteiger partial charge in [0.1, 0.15) is 0 Å². The van der Waals surface area contributed by atoms with Gasteiger partial charge in [-0.15, -0.1) is 0 Å². The van der Waals surface area contributed by atoms with E-state index < -0.39 is 0 Å². The number of nitrogens with zero attached hydrogens (tertiary/aromatic N) is 1. The Bertz CT molecular complexity index is 712. The van der Waals surface area contributed by atoms with Crippen LogP contribution in [0.15, 0.2) is 58.1 Å². The van der Waals surface area contributed by atoms with Crippen LogP contribution in [0.4, 0.5) is 5.69 Å². The molecule has 0 heterocycles. The molecular formula is C16H14BrN3O2. The second-order valence-electron chi connectivity index (χ2n) is 4.51. The molecule has 2 aromatic carbocycles. The summed E-state index contributed by atoms with van der Waals surface area (Å²) in [5, 5.41) is 6.54. The van der Waals surface area contributed by atoms with Crippen LogP contribution >= 0.6 is 15.9 Å². The van der Waals surface area contributed by atoms with Crippen molar-refractivity contribution >= 4 is 39.6 Å². The second kappa shape index (κ2) is 7.51. The van der Waals surface area contributed by atoms with Gasteiger partial charge in [-0.3, -0.25) is 9.59 Å². The van der Waals surface area contributed by atoms with E-state index in [0.717, 1.165) is 10.0 Å². The number of halogens is 1. The topological polar surface area (TPSA) is 70.6 Å². The Morgan fingerprint density at radius 3 is 2.55 bits per heavy atom. The normalized spacial score (nSPS) is 10.5. The van der Waals surface area contributed by atoms with Crippen molar-refractivity contribution < 1.29 is 9.59 Å². The monoisotopic (exact) mass is 359 g/mol. The van der Waals surface area contributed by atoms with E-state index in [1.165, 1.54) is 6.92 Å². The van der Waals surface area contributed by atoms with Gasteiger partial charge in [0, 0.05) is 22.6 Å². The molecule has 0 spiro atoms. The maximum absolute atomic E-state index is 12.0. The molecule has 0 saturated heterocycles. The minimum atomic E-state index is -0.347. The number of carbonyl (C=O) groups excluding carboxylic acids is 2. The van der Waals surface area contributed by atoms with Crippen molar-refractivity contribution in [2.75, 3.05) is 5.32 Å². The summed E-state index contributed by atoms with van der Waals surface area (Å²) < 4.78 is 0.975. The third kappa shape index (κ3) is 4.82. The summed E-state index contributed by atoms with van der Waals surface area (Å²) in [6.07, 6.45) is 1.56. The standard InChI is InChI=1S/C16H14BrN3O2/c1-11(21)19-15-4-2-3-13(9-15)16(22)20-18-10-12-5-7-14(17)8-6-12/h2-10H,1H3,(H,19,21)(H,20,22). The third-order valence-electron chi connectivity index (χ3n) is 2.69. The van der Waals surface area contributed by atoms with Gasteiger partial charge in [-0.2, -0.15) is 5.10 Å². The zero-order valence-electron chi connectivity index (χ0n) is 11.8. The average molecular weight is 360 g/mol. The Morgan fingerprint density at radius 2 is 1.86 bits per heavy atom. The zero-order valence-corrected chi connectivity index (χ0v) is 13.4. The summed E-state index contributed by atoms with van der Waals surface area (Å²) in [6, 6.07) is 14.2. The number of amides is 2. The first-order valence-corrected chi connectivity index (χ1v) is 7.30. The Labute approximate surface area is 136 Å². The molecule has 6 heteroatoms. The molecule has 0 fully saturated rings. The van der Waals surface area contributed by atoms with Crippen molar-refractivity contribution in [2.24, 2.45) is 5.10 Å². The van der Waals surface area contributed by atoms with Crippen LogP contribution in [-0.2, 0) is 4.79 Å². The van der Waals surface area contributed by atoms with E-state index in [-0.39, 0.29) is 11.8 Å². The number of nitrogens with one attached hydrogen (secondary N) is 2. The number of benzene rings is 2. The van der Waals surface area contributed by atoms with Gasteiger partial charge < -0.3 is 5.32 Å². The van der Waals surface area contributed by atoms with Crippen molar-refractivity contribution in [1.29, 1.82) is 0 Å². The van der Waals surface area contributed by atoms with Gasteiger partial charge in [0.25, 0.3) is 5.91 Å². The van der Waals surface area contributed by atoms with E-state index in [1.54, 1.807) is 30.5 Å². The predicted molar refractivity (Wildman–Crippen MR) is 89.9 cm³/mol. The summed E-state index contributed by atoms with van der Waals surface area (Å²) in [6.45, 7) is 1.41. The van der Waals surface area contributed by atoms with Gasteiger partial charge in [0.2, 0.25) is 5.91 Å². The lowest BCUT2D eigenvalue weighted by Crippen LogP contribution is -2.18. The molecule has 0 unspecified atom stereocenters. The SMILES string of the molecule is CC(=O)Nc1cccc(C(=O)NN=Cc2ccc(Br)cc2)c1. The molecule has 0 aromatic heterocycles. The number of hydrazone groups is 1. The largest absolute Gasteiger partial charge is 0.326 e. The highest BCUT2D eigenvalue weighted by Gasteiger charge is 2.05. The second-order valence-corrected chi connectivity index (χ2v) is 5.43. The van der Waals surface area contributed by atoms with Crippen molar-refractivity contribution in [3.8, 4) is 0 Å². The van der Waals surface area contributed by atoms with Crippen molar-refractivity contribution in [3.05, 3.63) is 64.1 Å². The van der Waals surface area contributed by atoms with Crippen LogP contribution < -0.4 is 10.7 Å². The van der Waals surface area contributed by atoms with E-state index in [1.807, 2.05) is 24.3 Å². The molecule has 0 aliphatic carbocycles. The maximum Gasteiger partial charge on any atom is 0.271 e. The smallest absolute Gasteiger partial charge is 0.271 e. The lowest BCUT2D eigenvalue weighted by atomic mass is 10.2. The van der Waals surface area contributed by atoms with Crippen LogP contribution in [0.25, 0.3) is 0 Å². The molecular weight excluding hydrogens is 346 g/mol. The molecule has 2 aromatic rings. The Hall–Kier alpha value is -2.47. The van der Waals surface area contributed by atoms with Crippen LogP contribution in [0.3, 0.4) is 0 Å². The highest BCUT2D eigenvalue weighted by atomic mass is 79.9. The molecule has 0 atom stereocenters. The maximum atomic E-state index is 12.0. The third-order valence-corrected chi connectivity index (χ3v) is 3.22. The summed E-state index contributed by atoms with van der Waals surface area (Å²) in [5.41, 5.74) is 4.30. The van der Waals surface area contributed by atoms with Crippen LogP contribution in [0, 0.1) is 0 Å². The minimum absolute atomic E-state index is 0.189. The van der Waals surface area contributed by atoms with Crippen LogP contribution in [0.1, 0.15) is 22.8 Å². The van der Waals surface area contributed by atoms with Gasteiger partial charge in [0.05, 0.1) is 6.21 Å². The fourth-order valence-electron chi connectivity index (χ4n) is 1.72. The minimum Gasteiger partial charge on any atom is -0.326 e. The lowest BCUT2D eigenvalue weighted by molar-refractivity contribution is -0.114. The molecule has 0 aliphatic heterocycles. The summed E-state index contributed by atoms with van der Waals surface area (Å²) in [7, 11) is 0. The zero-order chi connectivity index (χ0) is 15.9. The molecule has 2 N–H and O–H groups in total. The average Bonchev–Trinajstić information content (AvgIpc) is 2.49. The van der Waals surface area contributed by atoms with Crippen molar-refractivity contribution in [3.63, 3.8) is 0 Å². The van der Waals surface area contributed by atoms with E-state index >= 15 is 0 Å². The molecule has 2 amide bonds. The first-order chi connectivity index (χ1) is 10.5. The highest BCUT2D eigenvalue weighted by molar-refractivity contribution is 9.10. The summed E-state index contributed by atoms with van der Waals surface area (Å²) >= 11 is 3.35. The quantitative estimate of drug-likeness (QED) is 0.650. The van der Waals surface area contributed by atoms with Gasteiger partial charge in [0.15, 0.2) is 0 Å². The fraction of sp³-hybridized carbons (Fsp3) is 0.0625. The predicted octanol–water partition coefficient (Wildman–Crippen LogP) is 3.17. The molecule has 0 saturated carbocycles. The molecule has 5 nitrogen and oxygen atoms in total. The molecule has 0 aliphatic rings. The Morgan fingerprint density at radius 1 is 1.14 bits per heavy atom. The van der Waals surface area contributed by atoms with E-state index in [2.05, 4.69) is 31.8 Å². The summed E-state index contributed by atoms with van der Waals surface area (Å²) in [5.74, 6) is -0.536. The fourth-order valence-corrected chi connectivity index (χ4v) is 1.98. The molecule has 0 radical (unpaired) electrons. The highest BCUT2D eigenvalue weighted by Crippen LogP contribution is 2.11. The molecule has 0 bridgehead atoms. The van der Waals surface area contributed by atoms with Gasteiger partial charge in [-0.05, 0) is 35.9 Å². The number of hydrogen-bond acceptors (Lipinski definition) is 3. The van der Waals surface area contributed by atoms with Crippen LogP contribution in [0.2, 0.25) is 0 Å². The number of carbonyl (C=O) groups is 2. The number of anilines is 1. The van der Waals surface area contributed by atoms with Crippen molar-refractivity contribution in [2.45, 2.75) is 6.92 Å². The first-order valence-electron chi connectivity index (χ1n) is 6.51. The van der Waals surface area contributed by atoms with Gasteiger partial charge in [-0.1, -0.05) is 34.1 Å². The Kier molecular flexibility index (Phi) is 5.43. The van der Waals surface area contributed by atoms with E-state index in [0.29, 0.717) is 11.3 Å². The number of rotatable bonds is 4. The Balaban J connectivity index is 2.00. The molecule has 112 valence electrons. The van der Waals surface area contributed by atoms with Crippen molar-refractivity contribution in [1.82, 2.24) is 5.43 Å². The van der Waals surface area contributed by atoms with E-state index in [4.69, 9.17) is 0 Å². The van der Waals surface area contributed by atoms with Crippen LogP contribution in [-0.4, -0.2) is 18.0 Å². The summed E-state index contributed by atoms with van der Waals surface area (Å²) in [4.78, 5) is 23.0. The number of hydrogen-bond donors (Lipinski definition) is 2. The van der Waals surface area contributed by atoms with Crippen LogP contribution in [0.5, 0.6) is 0 Å². The molecule has 2 rings (SSSR count).